The largest absolute Gasteiger partial charge is 0.396 e. The minimum Gasteiger partial charge on any atom is -0.396 e. The summed E-state index contributed by atoms with van der Waals surface area (Å²) in [6, 6.07) is 0.720. The first-order chi connectivity index (χ1) is 9.63. The second-order valence-corrected chi connectivity index (χ2v) is 6.21. The fourth-order valence-corrected chi connectivity index (χ4v) is 3.48. The maximum atomic E-state index is 9.35. The Kier molecular flexibility index (Phi) is 5.61. The number of aliphatic hydroxyl groups is 1. The van der Waals surface area contributed by atoms with Crippen LogP contribution in [0.1, 0.15) is 62.7 Å². The Balaban J connectivity index is 2.01. The Labute approximate surface area is 122 Å². The van der Waals surface area contributed by atoms with Gasteiger partial charge in [-0.15, -0.1) is 0 Å². The lowest BCUT2D eigenvalue weighted by molar-refractivity contribution is 0.198. The molecule has 2 N–H and O–H groups in total. The van der Waals surface area contributed by atoms with Crippen molar-refractivity contribution in [3.63, 3.8) is 0 Å². The molecule has 2 rings (SSSR count). The van der Waals surface area contributed by atoms with E-state index in [1.807, 2.05) is 17.9 Å². The summed E-state index contributed by atoms with van der Waals surface area (Å²) in [7, 11) is 1.98. The number of nitrogens with zero attached hydrogens (tertiary/aromatic N) is 2. The molecule has 20 heavy (non-hydrogen) atoms. The quantitative estimate of drug-likeness (QED) is 0.842. The highest BCUT2D eigenvalue weighted by atomic mass is 16.3. The molecule has 0 amide bonds. The molecule has 0 spiro atoms. The molecule has 1 heterocycles. The van der Waals surface area contributed by atoms with Crippen molar-refractivity contribution < 1.29 is 5.11 Å². The van der Waals surface area contributed by atoms with E-state index < -0.39 is 0 Å². The van der Waals surface area contributed by atoms with Gasteiger partial charge in [-0.05, 0) is 39.0 Å². The summed E-state index contributed by atoms with van der Waals surface area (Å²) in [6.07, 6.45) is 9.48. The predicted molar refractivity (Wildman–Crippen MR) is 81.6 cm³/mol. The van der Waals surface area contributed by atoms with E-state index >= 15 is 0 Å². The summed E-state index contributed by atoms with van der Waals surface area (Å²) in [6.45, 7) is 4.59. The van der Waals surface area contributed by atoms with Gasteiger partial charge in [-0.2, -0.15) is 5.10 Å². The third-order valence-electron chi connectivity index (χ3n) is 4.86. The third kappa shape index (κ3) is 3.61. The Hall–Kier alpha value is -0.870. The van der Waals surface area contributed by atoms with E-state index in [-0.39, 0.29) is 6.61 Å². The molecule has 4 heteroatoms. The lowest BCUT2D eigenvalue weighted by Crippen LogP contribution is -2.39. The van der Waals surface area contributed by atoms with E-state index in [9.17, 15) is 5.11 Å². The van der Waals surface area contributed by atoms with Crippen molar-refractivity contribution in [2.24, 2.45) is 13.0 Å². The molecule has 1 aromatic rings. The topological polar surface area (TPSA) is 50.1 Å². The van der Waals surface area contributed by atoms with Crippen molar-refractivity contribution in [2.75, 3.05) is 6.61 Å². The zero-order valence-corrected chi connectivity index (χ0v) is 13.1. The van der Waals surface area contributed by atoms with Crippen LogP contribution in [0, 0.1) is 12.8 Å². The highest BCUT2D eigenvalue weighted by Gasteiger charge is 2.25. The minimum absolute atomic E-state index is 0.271. The first-order valence-electron chi connectivity index (χ1n) is 7.99. The smallest absolute Gasteiger partial charge is 0.0540 e. The van der Waals surface area contributed by atoms with Gasteiger partial charge in [-0.25, -0.2) is 0 Å². The molecule has 1 aromatic heterocycles. The van der Waals surface area contributed by atoms with E-state index in [2.05, 4.69) is 24.3 Å². The van der Waals surface area contributed by atoms with Crippen LogP contribution in [-0.2, 0) is 7.05 Å². The van der Waals surface area contributed by atoms with Crippen molar-refractivity contribution in [1.29, 1.82) is 0 Å². The Morgan fingerprint density at radius 2 is 2.10 bits per heavy atom. The highest BCUT2D eigenvalue weighted by Crippen LogP contribution is 2.29. The van der Waals surface area contributed by atoms with Crippen LogP contribution >= 0.6 is 0 Å². The normalized spacial score (nSPS) is 20.0. The molecule has 1 aliphatic carbocycles. The Morgan fingerprint density at radius 1 is 1.40 bits per heavy atom. The first-order valence-corrected chi connectivity index (χ1v) is 7.99. The number of rotatable bonds is 6. The number of hydrogen-bond acceptors (Lipinski definition) is 3. The second kappa shape index (κ2) is 7.23. The van der Waals surface area contributed by atoms with Crippen molar-refractivity contribution in [1.82, 2.24) is 15.1 Å². The van der Waals surface area contributed by atoms with Crippen LogP contribution in [0.5, 0.6) is 0 Å². The summed E-state index contributed by atoms with van der Waals surface area (Å²) in [5.41, 5.74) is 2.49. The molecule has 0 bridgehead atoms. The first kappa shape index (κ1) is 15.5. The van der Waals surface area contributed by atoms with Gasteiger partial charge >= 0.3 is 0 Å². The van der Waals surface area contributed by atoms with Crippen molar-refractivity contribution in [3.05, 3.63) is 17.5 Å². The molecule has 0 radical (unpaired) electrons. The lowest BCUT2D eigenvalue weighted by Gasteiger charge is -2.33. The molecule has 0 saturated heterocycles. The number of aryl methyl sites for hydroxylation is 1. The van der Waals surface area contributed by atoms with Crippen molar-refractivity contribution >= 4 is 0 Å². The van der Waals surface area contributed by atoms with Gasteiger partial charge in [0.05, 0.1) is 6.20 Å². The maximum Gasteiger partial charge on any atom is 0.0540 e. The van der Waals surface area contributed by atoms with E-state index in [1.165, 1.54) is 43.4 Å². The van der Waals surface area contributed by atoms with E-state index in [0.717, 1.165) is 12.3 Å². The molecule has 2 atom stereocenters. The van der Waals surface area contributed by atoms with Crippen LogP contribution in [0.25, 0.3) is 0 Å². The van der Waals surface area contributed by atoms with Crippen molar-refractivity contribution in [3.8, 4) is 0 Å². The standard InChI is InChI=1S/C16H29N3O/c1-12(15-11-17-19(3)13(15)2)18-16(9-10-20)14-7-5-4-6-8-14/h11-12,14,16,18,20H,4-10H2,1-3H3. The zero-order valence-electron chi connectivity index (χ0n) is 13.1. The zero-order chi connectivity index (χ0) is 14.5. The second-order valence-electron chi connectivity index (χ2n) is 6.21. The number of aromatic nitrogens is 2. The van der Waals surface area contributed by atoms with Crippen LogP contribution in [0.3, 0.4) is 0 Å². The molecular weight excluding hydrogens is 250 g/mol. The molecule has 1 fully saturated rings. The SMILES string of the molecule is Cc1c(C(C)NC(CCO)C2CCCCC2)cnn1C. The summed E-state index contributed by atoms with van der Waals surface area (Å²) in [4.78, 5) is 0. The van der Waals surface area contributed by atoms with Gasteiger partial charge in [0.1, 0.15) is 0 Å². The van der Waals surface area contributed by atoms with Gasteiger partial charge in [0.15, 0.2) is 0 Å². The predicted octanol–water partition coefficient (Wildman–Crippen LogP) is 2.71. The monoisotopic (exact) mass is 279 g/mol. The molecule has 1 saturated carbocycles. The van der Waals surface area contributed by atoms with Gasteiger partial charge in [0, 0.05) is 37.0 Å². The van der Waals surface area contributed by atoms with Crippen LogP contribution in [0.2, 0.25) is 0 Å². The number of nitrogens with one attached hydrogen (secondary N) is 1. The average Bonchev–Trinajstić information content (AvgIpc) is 2.79. The van der Waals surface area contributed by atoms with Gasteiger partial charge < -0.3 is 10.4 Å². The molecular formula is C16H29N3O. The van der Waals surface area contributed by atoms with E-state index in [0.29, 0.717) is 12.1 Å². The number of aliphatic hydroxyl groups excluding tert-OH is 1. The van der Waals surface area contributed by atoms with Crippen LogP contribution in [0.4, 0.5) is 0 Å². The fraction of sp³-hybridized carbons (Fsp3) is 0.812. The minimum atomic E-state index is 0.271. The maximum absolute atomic E-state index is 9.35. The molecule has 1 aliphatic rings. The van der Waals surface area contributed by atoms with Crippen LogP contribution < -0.4 is 5.32 Å². The molecule has 0 aromatic carbocycles. The van der Waals surface area contributed by atoms with Crippen molar-refractivity contribution in [2.45, 2.75) is 64.5 Å². The van der Waals surface area contributed by atoms with Gasteiger partial charge in [0.2, 0.25) is 0 Å². The molecule has 114 valence electrons. The van der Waals surface area contributed by atoms with Crippen LogP contribution in [0.15, 0.2) is 6.20 Å². The molecule has 4 nitrogen and oxygen atoms in total. The fourth-order valence-electron chi connectivity index (χ4n) is 3.48. The summed E-state index contributed by atoms with van der Waals surface area (Å²) < 4.78 is 1.93. The van der Waals surface area contributed by atoms with E-state index in [4.69, 9.17) is 0 Å². The molecule has 2 unspecified atom stereocenters. The Bertz CT molecular complexity index is 410. The van der Waals surface area contributed by atoms with Gasteiger partial charge in [-0.3, -0.25) is 4.68 Å². The van der Waals surface area contributed by atoms with Gasteiger partial charge in [0.25, 0.3) is 0 Å². The van der Waals surface area contributed by atoms with Gasteiger partial charge in [-0.1, -0.05) is 19.3 Å². The number of hydrogen-bond donors (Lipinski definition) is 2. The summed E-state index contributed by atoms with van der Waals surface area (Å²) in [5.74, 6) is 0.718. The highest BCUT2D eigenvalue weighted by molar-refractivity contribution is 5.19. The third-order valence-corrected chi connectivity index (χ3v) is 4.86. The average molecular weight is 279 g/mol. The van der Waals surface area contributed by atoms with E-state index in [1.54, 1.807) is 0 Å². The Morgan fingerprint density at radius 3 is 2.65 bits per heavy atom. The molecule has 0 aliphatic heterocycles. The van der Waals surface area contributed by atoms with Crippen LogP contribution in [-0.4, -0.2) is 27.5 Å². The summed E-state index contributed by atoms with van der Waals surface area (Å²) >= 11 is 0. The summed E-state index contributed by atoms with van der Waals surface area (Å²) in [5, 5.41) is 17.4. The lowest BCUT2D eigenvalue weighted by atomic mass is 9.82.